The monoisotopic (exact) mass is 374 g/mol. The van der Waals surface area contributed by atoms with E-state index in [1.54, 1.807) is 0 Å². The number of aromatic nitrogens is 1. The smallest absolute Gasteiger partial charge is 0.0780 e. The van der Waals surface area contributed by atoms with E-state index in [1.807, 2.05) is 30.5 Å². The van der Waals surface area contributed by atoms with E-state index in [-0.39, 0.29) is 0 Å². The topological polar surface area (TPSA) is 24.9 Å². The van der Waals surface area contributed by atoms with E-state index in [4.69, 9.17) is 0 Å². The zero-order valence-electron chi connectivity index (χ0n) is 12.9. The molecule has 0 atom stereocenters. The first-order valence-corrected chi connectivity index (χ1v) is 8.56. The highest BCUT2D eigenvalue weighted by Gasteiger charge is 2.04. The standard InChI is InChI=1S/C21H15BrN2/c22-17-6-2-7-19(14-17)24-18-11-9-15(10-12-18)20-8-1-4-16-5-3-13-23-21(16)20/h1-14,24H. The van der Waals surface area contributed by atoms with Gasteiger partial charge in [-0.25, -0.2) is 0 Å². The third-order valence-electron chi connectivity index (χ3n) is 3.94. The van der Waals surface area contributed by atoms with Gasteiger partial charge in [-0.05, 0) is 42.0 Å². The zero-order chi connectivity index (χ0) is 16.4. The summed E-state index contributed by atoms with van der Waals surface area (Å²) in [5.74, 6) is 0. The van der Waals surface area contributed by atoms with Crippen molar-refractivity contribution in [2.75, 3.05) is 5.32 Å². The Balaban J connectivity index is 1.66. The fourth-order valence-corrected chi connectivity index (χ4v) is 3.20. The Kier molecular flexibility index (Phi) is 4.01. The van der Waals surface area contributed by atoms with Crippen LogP contribution in [0.15, 0.2) is 89.5 Å². The number of benzene rings is 3. The van der Waals surface area contributed by atoms with E-state index in [0.717, 1.165) is 32.3 Å². The van der Waals surface area contributed by atoms with Crippen molar-refractivity contribution in [3.63, 3.8) is 0 Å². The van der Waals surface area contributed by atoms with Crippen molar-refractivity contribution in [2.45, 2.75) is 0 Å². The second-order valence-electron chi connectivity index (χ2n) is 5.59. The van der Waals surface area contributed by atoms with E-state index < -0.39 is 0 Å². The summed E-state index contributed by atoms with van der Waals surface area (Å²) >= 11 is 3.49. The van der Waals surface area contributed by atoms with Gasteiger partial charge in [0.15, 0.2) is 0 Å². The lowest BCUT2D eigenvalue weighted by Crippen LogP contribution is -1.90. The maximum absolute atomic E-state index is 4.54. The zero-order valence-corrected chi connectivity index (χ0v) is 14.5. The summed E-state index contributed by atoms with van der Waals surface area (Å²) in [5, 5.41) is 4.57. The molecule has 1 N–H and O–H groups in total. The van der Waals surface area contributed by atoms with Crippen molar-refractivity contribution in [2.24, 2.45) is 0 Å². The summed E-state index contributed by atoms with van der Waals surface area (Å²) in [4.78, 5) is 4.54. The molecule has 0 saturated heterocycles. The molecule has 3 heteroatoms. The van der Waals surface area contributed by atoms with Gasteiger partial charge in [-0.2, -0.15) is 0 Å². The SMILES string of the molecule is Brc1cccc(Nc2ccc(-c3cccc4cccnc34)cc2)c1. The molecular formula is C21H15BrN2. The molecule has 2 nitrogen and oxygen atoms in total. The lowest BCUT2D eigenvalue weighted by molar-refractivity contribution is 1.41. The Morgan fingerprint density at radius 2 is 1.54 bits per heavy atom. The van der Waals surface area contributed by atoms with Gasteiger partial charge in [0.2, 0.25) is 0 Å². The van der Waals surface area contributed by atoms with E-state index in [2.05, 4.69) is 80.8 Å². The molecule has 4 rings (SSSR count). The van der Waals surface area contributed by atoms with Crippen LogP contribution in [0.2, 0.25) is 0 Å². The quantitative estimate of drug-likeness (QED) is 0.448. The average molecular weight is 375 g/mol. The number of fused-ring (bicyclic) bond motifs is 1. The first kappa shape index (κ1) is 14.9. The number of para-hydroxylation sites is 1. The van der Waals surface area contributed by atoms with Crippen molar-refractivity contribution < 1.29 is 0 Å². The molecule has 0 amide bonds. The number of halogens is 1. The molecule has 1 heterocycles. The lowest BCUT2D eigenvalue weighted by Gasteiger charge is -2.09. The molecule has 0 saturated carbocycles. The molecule has 0 aliphatic heterocycles. The normalized spacial score (nSPS) is 10.7. The highest BCUT2D eigenvalue weighted by Crippen LogP contribution is 2.29. The first-order valence-electron chi connectivity index (χ1n) is 7.76. The van der Waals surface area contributed by atoms with Crippen LogP contribution in [0.3, 0.4) is 0 Å². The lowest BCUT2D eigenvalue weighted by atomic mass is 10.0. The third-order valence-corrected chi connectivity index (χ3v) is 4.44. The molecular weight excluding hydrogens is 360 g/mol. The highest BCUT2D eigenvalue weighted by molar-refractivity contribution is 9.10. The Hall–Kier alpha value is -2.65. The predicted octanol–water partition coefficient (Wildman–Crippen LogP) is 6.41. The van der Waals surface area contributed by atoms with Crippen molar-refractivity contribution in [3.8, 4) is 11.1 Å². The molecule has 1 aromatic heterocycles. The Morgan fingerprint density at radius 1 is 0.750 bits per heavy atom. The number of nitrogens with zero attached hydrogens (tertiary/aromatic N) is 1. The van der Waals surface area contributed by atoms with Gasteiger partial charge < -0.3 is 5.32 Å². The first-order chi connectivity index (χ1) is 11.8. The second-order valence-corrected chi connectivity index (χ2v) is 6.51. The Morgan fingerprint density at radius 3 is 2.38 bits per heavy atom. The molecule has 0 spiro atoms. The second kappa shape index (κ2) is 6.46. The van der Waals surface area contributed by atoms with Gasteiger partial charge in [0.1, 0.15) is 0 Å². The summed E-state index contributed by atoms with van der Waals surface area (Å²) < 4.78 is 1.06. The minimum absolute atomic E-state index is 1.03. The Labute approximate surface area is 149 Å². The van der Waals surface area contributed by atoms with Gasteiger partial charge in [0.05, 0.1) is 5.52 Å². The molecule has 24 heavy (non-hydrogen) atoms. The number of hydrogen-bond donors (Lipinski definition) is 1. The van der Waals surface area contributed by atoms with Crippen LogP contribution >= 0.6 is 15.9 Å². The van der Waals surface area contributed by atoms with Crippen LogP contribution in [0.4, 0.5) is 11.4 Å². The van der Waals surface area contributed by atoms with Gasteiger partial charge >= 0.3 is 0 Å². The highest BCUT2D eigenvalue weighted by atomic mass is 79.9. The van der Waals surface area contributed by atoms with Crippen LogP contribution in [0.5, 0.6) is 0 Å². The van der Waals surface area contributed by atoms with Crippen LogP contribution in [-0.4, -0.2) is 4.98 Å². The molecule has 0 aliphatic rings. The average Bonchev–Trinajstić information content (AvgIpc) is 2.62. The summed E-state index contributed by atoms with van der Waals surface area (Å²) in [6.07, 6.45) is 1.84. The summed E-state index contributed by atoms with van der Waals surface area (Å²) in [6.45, 7) is 0. The molecule has 0 unspecified atom stereocenters. The Bertz CT molecular complexity index is 989. The van der Waals surface area contributed by atoms with Crippen molar-refractivity contribution >= 4 is 38.2 Å². The van der Waals surface area contributed by atoms with Gasteiger partial charge in [-0.3, -0.25) is 4.98 Å². The molecule has 0 fully saturated rings. The summed E-state index contributed by atoms with van der Waals surface area (Å²) in [5.41, 5.74) is 5.47. The number of hydrogen-bond acceptors (Lipinski definition) is 2. The van der Waals surface area contributed by atoms with Crippen LogP contribution in [-0.2, 0) is 0 Å². The largest absolute Gasteiger partial charge is 0.355 e. The van der Waals surface area contributed by atoms with E-state index in [1.165, 1.54) is 5.56 Å². The minimum atomic E-state index is 1.03. The van der Waals surface area contributed by atoms with Crippen LogP contribution in [0.25, 0.3) is 22.0 Å². The van der Waals surface area contributed by atoms with E-state index in [0.29, 0.717) is 0 Å². The molecule has 3 aromatic carbocycles. The van der Waals surface area contributed by atoms with Gasteiger partial charge in [-0.15, -0.1) is 0 Å². The van der Waals surface area contributed by atoms with E-state index >= 15 is 0 Å². The number of pyridine rings is 1. The van der Waals surface area contributed by atoms with Crippen LogP contribution in [0, 0.1) is 0 Å². The van der Waals surface area contributed by atoms with Crippen molar-refractivity contribution in [3.05, 3.63) is 89.5 Å². The minimum Gasteiger partial charge on any atom is -0.355 e. The number of anilines is 2. The molecule has 0 radical (unpaired) electrons. The third kappa shape index (κ3) is 3.03. The van der Waals surface area contributed by atoms with Gasteiger partial charge in [0, 0.05) is 33.0 Å². The molecule has 0 aliphatic carbocycles. The summed E-state index contributed by atoms with van der Waals surface area (Å²) in [7, 11) is 0. The molecule has 116 valence electrons. The van der Waals surface area contributed by atoms with Crippen molar-refractivity contribution in [1.29, 1.82) is 0 Å². The number of rotatable bonds is 3. The van der Waals surface area contributed by atoms with Crippen LogP contribution in [0.1, 0.15) is 0 Å². The summed E-state index contributed by atoms with van der Waals surface area (Å²) in [6, 6.07) is 26.9. The van der Waals surface area contributed by atoms with Crippen LogP contribution < -0.4 is 5.32 Å². The fourth-order valence-electron chi connectivity index (χ4n) is 2.80. The molecule has 4 aromatic rings. The molecule has 0 bridgehead atoms. The van der Waals surface area contributed by atoms with Gasteiger partial charge in [-0.1, -0.05) is 58.4 Å². The maximum Gasteiger partial charge on any atom is 0.0780 e. The maximum atomic E-state index is 4.54. The number of nitrogens with one attached hydrogen (secondary N) is 1. The fraction of sp³-hybridized carbons (Fsp3) is 0. The van der Waals surface area contributed by atoms with E-state index in [9.17, 15) is 0 Å². The van der Waals surface area contributed by atoms with Crippen molar-refractivity contribution in [1.82, 2.24) is 4.98 Å². The predicted molar refractivity (Wildman–Crippen MR) is 105 cm³/mol. The van der Waals surface area contributed by atoms with Gasteiger partial charge in [0.25, 0.3) is 0 Å².